The largest absolute Gasteiger partial charge is 0.392 e. The van der Waals surface area contributed by atoms with Crippen molar-refractivity contribution in [2.24, 2.45) is 5.73 Å². The number of carbonyl (C=O) groups excluding carboxylic acids is 2. The molecule has 1 rings (SSSR count). The van der Waals surface area contributed by atoms with Crippen LogP contribution in [0.25, 0.3) is 0 Å². The minimum Gasteiger partial charge on any atom is -0.392 e. The first-order valence-electron chi connectivity index (χ1n) is 4.62. The fourth-order valence-electron chi connectivity index (χ4n) is 0.989. The molecule has 4 N–H and O–H groups in total. The molecule has 0 radical (unpaired) electrons. The van der Waals surface area contributed by atoms with Crippen LogP contribution in [0.5, 0.6) is 0 Å². The van der Waals surface area contributed by atoms with Gasteiger partial charge in [-0.2, -0.15) is 0 Å². The summed E-state index contributed by atoms with van der Waals surface area (Å²) in [5, 5.41) is 4.74. The molecule has 0 heterocycles. The number of halogens is 1. The summed E-state index contributed by atoms with van der Waals surface area (Å²) in [4.78, 5) is 22.9. The lowest BCUT2D eigenvalue weighted by Crippen LogP contribution is -2.39. The number of nitrogens with one attached hydrogen (secondary N) is 2. The van der Waals surface area contributed by atoms with Gasteiger partial charge in [-0.05, 0) is 28.1 Å². The van der Waals surface area contributed by atoms with Crippen LogP contribution in [0.15, 0.2) is 28.7 Å². The molecule has 0 aliphatic rings. The van der Waals surface area contributed by atoms with Gasteiger partial charge in [0.05, 0.1) is 17.2 Å². The highest BCUT2D eigenvalue weighted by atomic mass is 79.9. The molecule has 0 spiro atoms. The van der Waals surface area contributed by atoms with Crippen LogP contribution in [0.3, 0.4) is 0 Å². The first kappa shape index (κ1) is 13.6. The molecule has 0 saturated heterocycles. The van der Waals surface area contributed by atoms with Gasteiger partial charge in [-0.3, -0.25) is 9.59 Å². The highest BCUT2D eigenvalue weighted by Gasteiger charge is 2.14. The Morgan fingerprint density at radius 1 is 1.29 bits per heavy atom. The van der Waals surface area contributed by atoms with Gasteiger partial charge in [-0.15, -0.1) is 0 Å². The van der Waals surface area contributed by atoms with Crippen molar-refractivity contribution in [3.63, 3.8) is 0 Å². The minimum absolute atomic E-state index is 0.00243. The summed E-state index contributed by atoms with van der Waals surface area (Å²) in [6.07, 6.45) is 0. The molecule has 7 heteroatoms. The van der Waals surface area contributed by atoms with Crippen LogP contribution in [0.4, 0.5) is 5.69 Å². The fourth-order valence-corrected chi connectivity index (χ4v) is 1.45. The van der Waals surface area contributed by atoms with Crippen molar-refractivity contribution in [1.82, 2.24) is 5.32 Å². The highest BCUT2D eigenvalue weighted by Crippen LogP contribution is 2.20. The summed E-state index contributed by atoms with van der Waals surface area (Å²) in [5.74, 6) is -1.55. The Balaban J connectivity index is 2.58. The minimum atomic E-state index is -0.784. The summed E-state index contributed by atoms with van der Waals surface area (Å²) >= 11 is 7.82. The molecule has 0 atom stereocenters. The molecule has 1 aromatic rings. The monoisotopic (exact) mass is 315 g/mol. The SMILES string of the molecule is NC(=S)CNC(=O)C(=O)Nc1ccccc1Br. The van der Waals surface area contributed by atoms with Crippen LogP contribution < -0.4 is 16.4 Å². The molecule has 1 aromatic carbocycles. The number of rotatable bonds is 3. The third-order valence-electron chi connectivity index (χ3n) is 1.75. The van der Waals surface area contributed by atoms with Gasteiger partial charge in [0.25, 0.3) is 0 Å². The van der Waals surface area contributed by atoms with Gasteiger partial charge in [0, 0.05) is 4.47 Å². The summed E-state index contributed by atoms with van der Waals surface area (Å²) in [7, 11) is 0. The second-order valence-corrected chi connectivity index (χ2v) is 4.46. The van der Waals surface area contributed by atoms with Gasteiger partial charge >= 0.3 is 11.8 Å². The quantitative estimate of drug-likeness (QED) is 0.569. The van der Waals surface area contributed by atoms with Crippen molar-refractivity contribution >= 4 is 50.6 Å². The molecular formula is C10H10BrN3O2S. The zero-order valence-electron chi connectivity index (χ0n) is 8.70. The zero-order chi connectivity index (χ0) is 12.8. The Morgan fingerprint density at radius 3 is 2.53 bits per heavy atom. The van der Waals surface area contributed by atoms with Crippen LogP contribution in [-0.2, 0) is 9.59 Å². The van der Waals surface area contributed by atoms with E-state index in [1.165, 1.54) is 0 Å². The lowest BCUT2D eigenvalue weighted by atomic mass is 10.3. The molecule has 5 nitrogen and oxygen atoms in total. The predicted octanol–water partition coefficient (Wildman–Crippen LogP) is 0.790. The summed E-state index contributed by atoms with van der Waals surface area (Å²) in [6.45, 7) is -0.00243. The maximum absolute atomic E-state index is 11.4. The lowest BCUT2D eigenvalue weighted by molar-refractivity contribution is -0.135. The van der Waals surface area contributed by atoms with Gasteiger partial charge in [-0.25, -0.2) is 0 Å². The van der Waals surface area contributed by atoms with E-state index < -0.39 is 11.8 Å². The molecule has 0 aliphatic heterocycles. The summed E-state index contributed by atoms with van der Waals surface area (Å²) in [6, 6.07) is 6.96. The van der Waals surface area contributed by atoms with E-state index in [0.717, 1.165) is 0 Å². The lowest BCUT2D eigenvalue weighted by Gasteiger charge is -2.07. The van der Waals surface area contributed by atoms with E-state index in [4.69, 9.17) is 5.73 Å². The number of carbonyl (C=O) groups is 2. The molecule has 0 fully saturated rings. The molecule has 0 saturated carbocycles. The third kappa shape index (κ3) is 4.49. The van der Waals surface area contributed by atoms with Gasteiger partial charge in [0.1, 0.15) is 0 Å². The molecule has 90 valence electrons. The van der Waals surface area contributed by atoms with Crippen molar-refractivity contribution in [3.8, 4) is 0 Å². The Labute approximate surface area is 112 Å². The summed E-state index contributed by atoms with van der Waals surface area (Å²) in [5.41, 5.74) is 5.71. The normalized spacial score (nSPS) is 9.47. The van der Waals surface area contributed by atoms with Crippen LogP contribution in [-0.4, -0.2) is 23.3 Å². The van der Waals surface area contributed by atoms with Gasteiger partial charge < -0.3 is 16.4 Å². The Kier molecular flexibility index (Phi) is 5.05. The van der Waals surface area contributed by atoms with E-state index in [1.54, 1.807) is 24.3 Å². The smallest absolute Gasteiger partial charge is 0.313 e. The van der Waals surface area contributed by atoms with E-state index in [2.05, 4.69) is 38.8 Å². The van der Waals surface area contributed by atoms with Crippen LogP contribution in [0.2, 0.25) is 0 Å². The van der Waals surface area contributed by atoms with E-state index in [-0.39, 0.29) is 11.5 Å². The molecule has 0 aliphatic carbocycles. The Morgan fingerprint density at radius 2 is 1.94 bits per heavy atom. The maximum Gasteiger partial charge on any atom is 0.313 e. The number of benzene rings is 1. The number of thiocarbonyl (C=S) groups is 1. The van der Waals surface area contributed by atoms with Crippen LogP contribution in [0, 0.1) is 0 Å². The Bertz CT molecular complexity index is 465. The predicted molar refractivity (Wildman–Crippen MR) is 72.6 cm³/mol. The topological polar surface area (TPSA) is 84.2 Å². The van der Waals surface area contributed by atoms with E-state index in [1.807, 2.05) is 0 Å². The first-order chi connectivity index (χ1) is 8.00. The number of amides is 2. The maximum atomic E-state index is 11.4. The van der Waals surface area contributed by atoms with Gasteiger partial charge in [0.15, 0.2) is 0 Å². The summed E-state index contributed by atoms with van der Waals surface area (Å²) < 4.78 is 0.690. The van der Waals surface area contributed by atoms with Crippen molar-refractivity contribution < 1.29 is 9.59 Å². The molecule has 2 amide bonds. The van der Waals surface area contributed by atoms with E-state index >= 15 is 0 Å². The second kappa shape index (κ2) is 6.31. The van der Waals surface area contributed by atoms with Crippen molar-refractivity contribution in [3.05, 3.63) is 28.7 Å². The van der Waals surface area contributed by atoms with Crippen LogP contribution >= 0.6 is 28.1 Å². The third-order valence-corrected chi connectivity index (χ3v) is 2.59. The Hall–Kier alpha value is -1.47. The first-order valence-corrected chi connectivity index (χ1v) is 5.83. The molecule has 0 bridgehead atoms. The number of para-hydroxylation sites is 1. The van der Waals surface area contributed by atoms with Crippen molar-refractivity contribution in [1.29, 1.82) is 0 Å². The fraction of sp³-hybridized carbons (Fsp3) is 0.100. The second-order valence-electron chi connectivity index (χ2n) is 3.08. The standard InChI is InChI=1S/C10H10BrN3O2S/c11-6-3-1-2-4-7(6)14-10(16)9(15)13-5-8(12)17/h1-4H,5H2,(H2,12,17)(H,13,15)(H,14,16). The van der Waals surface area contributed by atoms with Gasteiger partial charge in [0.2, 0.25) is 0 Å². The average molecular weight is 316 g/mol. The molecule has 0 unspecified atom stereocenters. The molecule has 17 heavy (non-hydrogen) atoms. The van der Waals surface area contributed by atoms with E-state index in [0.29, 0.717) is 10.2 Å². The van der Waals surface area contributed by atoms with Crippen LogP contribution in [0.1, 0.15) is 0 Å². The van der Waals surface area contributed by atoms with E-state index in [9.17, 15) is 9.59 Å². The number of anilines is 1. The number of nitrogens with two attached hydrogens (primary N) is 1. The molecule has 0 aromatic heterocycles. The molecular weight excluding hydrogens is 306 g/mol. The van der Waals surface area contributed by atoms with Crippen molar-refractivity contribution in [2.45, 2.75) is 0 Å². The highest BCUT2D eigenvalue weighted by molar-refractivity contribution is 9.10. The number of hydrogen-bond donors (Lipinski definition) is 3. The number of hydrogen-bond acceptors (Lipinski definition) is 3. The van der Waals surface area contributed by atoms with Crippen molar-refractivity contribution in [2.75, 3.05) is 11.9 Å². The average Bonchev–Trinajstić information content (AvgIpc) is 2.28. The zero-order valence-corrected chi connectivity index (χ0v) is 11.1. The van der Waals surface area contributed by atoms with Gasteiger partial charge in [-0.1, -0.05) is 24.4 Å².